The van der Waals surface area contributed by atoms with E-state index in [4.69, 9.17) is 0 Å². The minimum Gasteiger partial charge on any atom is -0.295 e. The Balaban J connectivity index is 3.86. The predicted molar refractivity (Wildman–Crippen MR) is 43.9 cm³/mol. The van der Waals surface area contributed by atoms with Gasteiger partial charge in [-0.25, -0.2) is 0 Å². The first kappa shape index (κ1) is 9.15. The van der Waals surface area contributed by atoms with Crippen LogP contribution in [0.2, 0.25) is 0 Å². The molecule has 0 aromatic heterocycles. The van der Waals surface area contributed by atoms with E-state index in [9.17, 15) is 4.79 Å². The average molecular weight is 138 g/mol. The lowest BCUT2D eigenvalue weighted by Crippen LogP contribution is -1.91. The molecule has 0 saturated heterocycles. The zero-order valence-corrected chi connectivity index (χ0v) is 6.68. The fourth-order valence-corrected chi connectivity index (χ4v) is 0.631. The summed E-state index contributed by atoms with van der Waals surface area (Å²) in [5.74, 6) is 0.194. The van der Waals surface area contributed by atoms with Crippen molar-refractivity contribution in [2.45, 2.75) is 26.7 Å². The van der Waals surface area contributed by atoms with Gasteiger partial charge in [0.05, 0.1) is 0 Å². The Kier molecular flexibility index (Phi) is 4.55. The second-order valence-corrected chi connectivity index (χ2v) is 2.31. The largest absolute Gasteiger partial charge is 0.295 e. The van der Waals surface area contributed by atoms with Crippen LogP contribution in [-0.4, -0.2) is 5.78 Å². The number of carbonyl (C=O) groups excluding carboxylic acids is 1. The van der Waals surface area contributed by atoms with E-state index >= 15 is 0 Å². The van der Waals surface area contributed by atoms with Gasteiger partial charge in [-0.15, -0.1) is 0 Å². The van der Waals surface area contributed by atoms with Crippen LogP contribution >= 0.6 is 0 Å². The molecule has 0 amide bonds. The second kappa shape index (κ2) is 4.98. The van der Waals surface area contributed by atoms with Crippen LogP contribution < -0.4 is 0 Å². The van der Waals surface area contributed by atoms with Crippen molar-refractivity contribution in [3.05, 3.63) is 24.3 Å². The maximum Gasteiger partial charge on any atom is 0.155 e. The summed E-state index contributed by atoms with van der Waals surface area (Å²) in [4.78, 5) is 10.9. The normalized spacial score (nSPS) is 11.2. The van der Waals surface area contributed by atoms with Crippen LogP contribution in [0.25, 0.3) is 0 Å². The quantitative estimate of drug-likeness (QED) is 0.431. The highest BCUT2D eigenvalue weighted by Gasteiger charge is 1.93. The highest BCUT2D eigenvalue weighted by molar-refractivity contribution is 5.90. The zero-order chi connectivity index (χ0) is 7.98. The minimum atomic E-state index is 0.194. The van der Waals surface area contributed by atoms with Crippen LogP contribution in [0.1, 0.15) is 26.7 Å². The molecule has 0 fully saturated rings. The first-order valence-corrected chi connectivity index (χ1v) is 3.54. The number of carbonyl (C=O) groups is 1. The molecule has 10 heavy (non-hydrogen) atoms. The molecular formula is C9H14O. The number of hydrogen-bond donors (Lipinski definition) is 0. The van der Waals surface area contributed by atoms with Gasteiger partial charge in [-0.05, 0) is 25.0 Å². The molecule has 56 valence electrons. The molecule has 0 bridgehead atoms. The molecule has 0 saturated carbocycles. The molecule has 0 spiro atoms. The van der Waals surface area contributed by atoms with Gasteiger partial charge in [-0.3, -0.25) is 4.79 Å². The van der Waals surface area contributed by atoms with Crippen LogP contribution in [0.3, 0.4) is 0 Å². The van der Waals surface area contributed by atoms with Gasteiger partial charge in [0.1, 0.15) is 0 Å². The summed E-state index contributed by atoms with van der Waals surface area (Å²) in [6.45, 7) is 7.42. The van der Waals surface area contributed by atoms with Crippen LogP contribution in [0.4, 0.5) is 0 Å². The van der Waals surface area contributed by atoms with Crippen molar-refractivity contribution in [2.75, 3.05) is 0 Å². The summed E-state index contributed by atoms with van der Waals surface area (Å²) in [5.41, 5.74) is 0.943. The molecule has 0 heterocycles. The Labute approximate surface area is 62.4 Å². The first-order chi connectivity index (χ1) is 4.70. The highest BCUT2D eigenvalue weighted by atomic mass is 16.1. The fourth-order valence-electron chi connectivity index (χ4n) is 0.631. The number of hydrogen-bond acceptors (Lipinski definition) is 1. The topological polar surface area (TPSA) is 17.1 Å². The molecular weight excluding hydrogens is 124 g/mol. The van der Waals surface area contributed by atoms with Crippen LogP contribution in [-0.2, 0) is 4.79 Å². The molecule has 0 radical (unpaired) electrons. The lowest BCUT2D eigenvalue weighted by Gasteiger charge is -1.90. The second-order valence-electron chi connectivity index (χ2n) is 2.31. The summed E-state index contributed by atoms with van der Waals surface area (Å²) in [6.07, 6.45) is 4.88. The van der Waals surface area contributed by atoms with Crippen molar-refractivity contribution in [3.8, 4) is 0 Å². The van der Waals surface area contributed by atoms with Gasteiger partial charge < -0.3 is 0 Å². The van der Waals surface area contributed by atoms with E-state index in [0.717, 1.165) is 12.0 Å². The predicted octanol–water partition coefficient (Wildman–Crippen LogP) is 2.49. The smallest absolute Gasteiger partial charge is 0.155 e. The third-order valence-electron chi connectivity index (χ3n) is 1.21. The maximum atomic E-state index is 10.9. The van der Waals surface area contributed by atoms with Gasteiger partial charge in [-0.2, -0.15) is 0 Å². The molecule has 1 heteroatoms. The van der Waals surface area contributed by atoms with E-state index in [-0.39, 0.29) is 5.78 Å². The number of allylic oxidation sites excluding steroid dienone is 3. The van der Waals surface area contributed by atoms with Crippen LogP contribution in [0.5, 0.6) is 0 Å². The van der Waals surface area contributed by atoms with Gasteiger partial charge in [0.25, 0.3) is 0 Å². The molecule has 0 aliphatic rings. The molecule has 0 aliphatic heterocycles. The first-order valence-electron chi connectivity index (χ1n) is 3.54. The standard InChI is InChI=1S/C9H14O/c1-4-6-9(10)7-8(3)5-2/h5,7H,2,4,6H2,1,3H3. The van der Waals surface area contributed by atoms with Crippen molar-refractivity contribution >= 4 is 5.78 Å². The Morgan fingerprint density at radius 1 is 1.60 bits per heavy atom. The SMILES string of the molecule is C=CC(C)=CC(=O)CCC. The molecule has 1 nitrogen and oxygen atoms in total. The van der Waals surface area contributed by atoms with Gasteiger partial charge in [0, 0.05) is 6.42 Å². The van der Waals surface area contributed by atoms with Gasteiger partial charge >= 0.3 is 0 Å². The van der Waals surface area contributed by atoms with E-state index in [1.165, 1.54) is 0 Å². The van der Waals surface area contributed by atoms with Crippen molar-refractivity contribution < 1.29 is 4.79 Å². The monoisotopic (exact) mass is 138 g/mol. The third-order valence-corrected chi connectivity index (χ3v) is 1.21. The zero-order valence-electron chi connectivity index (χ0n) is 6.68. The summed E-state index contributed by atoms with van der Waals surface area (Å²) in [6, 6.07) is 0. The molecule has 0 aliphatic carbocycles. The Bertz CT molecular complexity index is 154. The highest BCUT2D eigenvalue weighted by Crippen LogP contribution is 1.97. The lowest BCUT2D eigenvalue weighted by atomic mass is 10.2. The van der Waals surface area contributed by atoms with Gasteiger partial charge in [-0.1, -0.05) is 19.6 Å². The van der Waals surface area contributed by atoms with E-state index in [1.54, 1.807) is 12.2 Å². The van der Waals surface area contributed by atoms with Gasteiger partial charge in [0.2, 0.25) is 0 Å². The Morgan fingerprint density at radius 3 is 2.60 bits per heavy atom. The van der Waals surface area contributed by atoms with Crippen molar-refractivity contribution in [3.63, 3.8) is 0 Å². The van der Waals surface area contributed by atoms with Crippen LogP contribution in [0.15, 0.2) is 24.3 Å². The average Bonchev–Trinajstić information content (AvgIpc) is 1.88. The molecule has 0 N–H and O–H groups in total. The van der Waals surface area contributed by atoms with Crippen molar-refractivity contribution in [2.24, 2.45) is 0 Å². The van der Waals surface area contributed by atoms with Crippen molar-refractivity contribution in [1.29, 1.82) is 0 Å². The minimum absolute atomic E-state index is 0.194. The summed E-state index contributed by atoms with van der Waals surface area (Å²) in [5, 5.41) is 0. The van der Waals surface area contributed by atoms with E-state index < -0.39 is 0 Å². The molecule has 0 rings (SSSR count). The maximum absolute atomic E-state index is 10.9. The molecule has 0 aromatic carbocycles. The Hall–Kier alpha value is -0.850. The Morgan fingerprint density at radius 2 is 2.20 bits per heavy atom. The third kappa shape index (κ3) is 4.07. The molecule has 0 aromatic rings. The number of ketones is 1. The fraction of sp³-hybridized carbons (Fsp3) is 0.444. The lowest BCUT2D eigenvalue weighted by molar-refractivity contribution is -0.114. The molecule has 0 atom stereocenters. The van der Waals surface area contributed by atoms with E-state index in [0.29, 0.717) is 6.42 Å². The van der Waals surface area contributed by atoms with E-state index in [1.807, 2.05) is 13.8 Å². The number of rotatable bonds is 4. The van der Waals surface area contributed by atoms with E-state index in [2.05, 4.69) is 6.58 Å². The summed E-state index contributed by atoms with van der Waals surface area (Å²) >= 11 is 0. The summed E-state index contributed by atoms with van der Waals surface area (Å²) in [7, 11) is 0. The van der Waals surface area contributed by atoms with Crippen molar-refractivity contribution in [1.82, 2.24) is 0 Å². The summed E-state index contributed by atoms with van der Waals surface area (Å²) < 4.78 is 0. The van der Waals surface area contributed by atoms with Crippen LogP contribution in [0, 0.1) is 0 Å². The molecule has 0 unspecified atom stereocenters. The van der Waals surface area contributed by atoms with Gasteiger partial charge in [0.15, 0.2) is 5.78 Å².